The number of carbonyl (C=O) groups is 2. The molecule has 1 amide bonds. The first kappa shape index (κ1) is 22.3. The quantitative estimate of drug-likeness (QED) is 0.375. The van der Waals surface area contributed by atoms with Gasteiger partial charge in [0.2, 0.25) is 0 Å². The highest BCUT2D eigenvalue weighted by Gasteiger charge is 2.13. The van der Waals surface area contributed by atoms with E-state index in [0.29, 0.717) is 38.6 Å². The molecule has 7 heteroatoms. The molecule has 4 aromatic rings. The standard InChI is InChI=1S/C26H21ClN2O4/c1-16-3-5-18(6-4-16)26(31)28-20-11-12-22-21(13-20)24(33-15-25(30)32-2)14-23(29-22)17-7-9-19(27)10-8-17/h3-14H,15H2,1-2H3,(H,28,31). The molecule has 0 radical (unpaired) electrons. The fraction of sp³-hybridized carbons (Fsp3) is 0.115. The summed E-state index contributed by atoms with van der Waals surface area (Å²) < 4.78 is 10.5. The van der Waals surface area contributed by atoms with Gasteiger partial charge in [-0.1, -0.05) is 41.4 Å². The molecule has 0 atom stereocenters. The number of esters is 1. The molecule has 0 saturated heterocycles. The molecular weight excluding hydrogens is 440 g/mol. The number of hydrogen-bond donors (Lipinski definition) is 1. The van der Waals surface area contributed by atoms with Crippen molar-refractivity contribution in [2.75, 3.05) is 19.0 Å². The minimum atomic E-state index is -0.503. The lowest BCUT2D eigenvalue weighted by molar-refractivity contribution is -0.142. The monoisotopic (exact) mass is 460 g/mol. The van der Waals surface area contributed by atoms with E-state index in [4.69, 9.17) is 26.1 Å². The van der Waals surface area contributed by atoms with Gasteiger partial charge < -0.3 is 14.8 Å². The van der Waals surface area contributed by atoms with E-state index in [1.165, 1.54) is 7.11 Å². The van der Waals surface area contributed by atoms with Crippen molar-refractivity contribution in [2.24, 2.45) is 0 Å². The van der Waals surface area contributed by atoms with Gasteiger partial charge in [-0.25, -0.2) is 9.78 Å². The predicted molar refractivity (Wildman–Crippen MR) is 129 cm³/mol. The van der Waals surface area contributed by atoms with E-state index < -0.39 is 5.97 Å². The molecule has 1 N–H and O–H groups in total. The molecule has 33 heavy (non-hydrogen) atoms. The molecule has 0 aliphatic carbocycles. The van der Waals surface area contributed by atoms with Crippen LogP contribution in [0.2, 0.25) is 5.02 Å². The SMILES string of the molecule is COC(=O)COc1cc(-c2ccc(Cl)cc2)nc2ccc(NC(=O)c3ccc(C)cc3)cc12. The zero-order valence-electron chi connectivity index (χ0n) is 18.1. The topological polar surface area (TPSA) is 77.5 Å². The lowest BCUT2D eigenvalue weighted by atomic mass is 10.1. The number of halogens is 1. The third-order valence-electron chi connectivity index (χ3n) is 5.06. The Morgan fingerprint density at radius 3 is 2.39 bits per heavy atom. The second kappa shape index (κ2) is 9.71. The normalized spacial score (nSPS) is 10.6. The summed E-state index contributed by atoms with van der Waals surface area (Å²) in [6.45, 7) is 1.71. The van der Waals surface area contributed by atoms with Crippen molar-refractivity contribution in [1.82, 2.24) is 4.98 Å². The average Bonchev–Trinajstić information content (AvgIpc) is 2.83. The minimum absolute atomic E-state index is 0.225. The first-order chi connectivity index (χ1) is 15.9. The summed E-state index contributed by atoms with van der Waals surface area (Å²) in [7, 11) is 1.30. The number of rotatable bonds is 6. The van der Waals surface area contributed by atoms with Gasteiger partial charge in [0.05, 0.1) is 18.3 Å². The number of ether oxygens (including phenoxy) is 2. The Hall–Kier alpha value is -3.90. The van der Waals surface area contributed by atoms with E-state index in [9.17, 15) is 9.59 Å². The molecule has 0 aliphatic rings. The third kappa shape index (κ3) is 5.30. The van der Waals surface area contributed by atoms with Crippen LogP contribution in [0.5, 0.6) is 5.75 Å². The van der Waals surface area contributed by atoms with E-state index in [2.05, 4.69) is 5.32 Å². The Kier molecular flexibility index (Phi) is 6.56. The van der Waals surface area contributed by atoms with Crippen LogP contribution in [-0.2, 0) is 9.53 Å². The number of hydrogen-bond acceptors (Lipinski definition) is 5. The van der Waals surface area contributed by atoms with Crippen LogP contribution in [0, 0.1) is 6.92 Å². The maximum Gasteiger partial charge on any atom is 0.343 e. The molecule has 0 spiro atoms. The zero-order chi connectivity index (χ0) is 23.4. The number of nitrogens with zero attached hydrogens (tertiary/aromatic N) is 1. The molecule has 3 aromatic carbocycles. The highest BCUT2D eigenvalue weighted by Crippen LogP contribution is 2.32. The van der Waals surface area contributed by atoms with E-state index in [1.807, 2.05) is 31.2 Å². The van der Waals surface area contributed by atoms with Crippen molar-refractivity contribution < 1.29 is 19.1 Å². The van der Waals surface area contributed by atoms with Crippen LogP contribution in [0.25, 0.3) is 22.2 Å². The number of aromatic nitrogens is 1. The Labute approximate surface area is 196 Å². The van der Waals surface area contributed by atoms with Crippen molar-refractivity contribution in [1.29, 1.82) is 0 Å². The number of methoxy groups -OCH3 is 1. The maximum absolute atomic E-state index is 12.6. The van der Waals surface area contributed by atoms with Gasteiger partial charge in [0.15, 0.2) is 6.61 Å². The molecule has 0 aliphatic heterocycles. The Morgan fingerprint density at radius 1 is 0.970 bits per heavy atom. The van der Waals surface area contributed by atoms with Crippen LogP contribution >= 0.6 is 11.6 Å². The van der Waals surface area contributed by atoms with Gasteiger partial charge in [-0.15, -0.1) is 0 Å². The second-order valence-corrected chi connectivity index (χ2v) is 7.87. The highest BCUT2D eigenvalue weighted by atomic mass is 35.5. The molecule has 6 nitrogen and oxygen atoms in total. The van der Waals surface area contributed by atoms with Crippen molar-refractivity contribution >= 4 is 40.1 Å². The number of fused-ring (bicyclic) bond motifs is 1. The molecular formula is C26H21ClN2O4. The van der Waals surface area contributed by atoms with Crippen molar-refractivity contribution in [3.8, 4) is 17.0 Å². The van der Waals surface area contributed by atoms with Gasteiger partial charge >= 0.3 is 5.97 Å². The first-order valence-corrected chi connectivity index (χ1v) is 10.6. The van der Waals surface area contributed by atoms with Crippen LogP contribution in [0.1, 0.15) is 15.9 Å². The van der Waals surface area contributed by atoms with E-state index >= 15 is 0 Å². The van der Waals surface area contributed by atoms with Crippen molar-refractivity contribution in [2.45, 2.75) is 6.92 Å². The van der Waals surface area contributed by atoms with Gasteiger partial charge in [0, 0.05) is 33.3 Å². The number of pyridine rings is 1. The first-order valence-electron chi connectivity index (χ1n) is 10.2. The molecule has 1 aromatic heterocycles. The molecule has 0 bridgehead atoms. The number of carbonyl (C=O) groups excluding carboxylic acids is 2. The number of aryl methyl sites for hydroxylation is 1. The number of nitrogens with one attached hydrogen (secondary N) is 1. The molecule has 4 rings (SSSR count). The maximum atomic E-state index is 12.6. The van der Waals surface area contributed by atoms with Gasteiger partial charge in [-0.2, -0.15) is 0 Å². The van der Waals surface area contributed by atoms with E-state index in [1.54, 1.807) is 48.5 Å². The second-order valence-electron chi connectivity index (χ2n) is 7.43. The molecule has 0 saturated carbocycles. The average molecular weight is 461 g/mol. The van der Waals surface area contributed by atoms with Gasteiger partial charge in [0.1, 0.15) is 5.75 Å². The van der Waals surface area contributed by atoms with Crippen LogP contribution in [0.3, 0.4) is 0 Å². The molecule has 1 heterocycles. The lowest BCUT2D eigenvalue weighted by Gasteiger charge is -2.13. The summed E-state index contributed by atoms with van der Waals surface area (Å²) in [6, 6.07) is 21.7. The van der Waals surface area contributed by atoms with E-state index in [0.717, 1.165) is 11.1 Å². The fourth-order valence-corrected chi connectivity index (χ4v) is 3.39. The summed E-state index contributed by atoms with van der Waals surface area (Å²) in [4.78, 5) is 29.0. The fourth-order valence-electron chi connectivity index (χ4n) is 3.26. The Balaban J connectivity index is 1.71. The van der Waals surface area contributed by atoms with Crippen LogP contribution in [0.15, 0.2) is 72.8 Å². The van der Waals surface area contributed by atoms with Gasteiger partial charge in [-0.05, 0) is 49.4 Å². The summed E-state index contributed by atoms with van der Waals surface area (Å²) in [6.07, 6.45) is 0. The molecule has 166 valence electrons. The minimum Gasteiger partial charge on any atom is -0.481 e. The van der Waals surface area contributed by atoms with Crippen LogP contribution in [-0.4, -0.2) is 30.6 Å². The molecule has 0 unspecified atom stereocenters. The molecule has 0 fully saturated rings. The number of anilines is 1. The van der Waals surface area contributed by atoms with Crippen LogP contribution in [0.4, 0.5) is 5.69 Å². The Morgan fingerprint density at radius 2 is 1.70 bits per heavy atom. The summed E-state index contributed by atoms with van der Waals surface area (Å²) in [5, 5.41) is 4.17. The summed E-state index contributed by atoms with van der Waals surface area (Å²) in [5.41, 5.74) is 4.37. The largest absolute Gasteiger partial charge is 0.481 e. The van der Waals surface area contributed by atoms with E-state index in [-0.39, 0.29) is 12.5 Å². The smallest absolute Gasteiger partial charge is 0.343 e. The Bertz CT molecular complexity index is 1320. The predicted octanol–water partition coefficient (Wildman–Crippen LogP) is 5.67. The van der Waals surface area contributed by atoms with Gasteiger partial charge in [-0.3, -0.25) is 4.79 Å². The summed E-state index contributed by atoms with van der Waals surface area (Å²) >= 11 is 6.01. The zero-order valence-corrected chi connectivity index (χ0v) is 18.8. The van der Waals surface area contributed by atoms with Crippen molar-refractivity contribution in [3.63, 3.8) is 0 Å². The number of amides is 1. The van der Waals surface area contributed by atoms with Crippen molar-refractivity contribution in [3.05, 3.63) is 88.9 Å². The lowest BCUT2D eigenvalue weighted by Crippen LogP contribution is -2.13. The third-order valence-corrected chi connectivity index (χ3v) is 5.31. The highest BCUT2D eigenvalue weighted by molar-refractivity contribution is 6.30. The van der Waals surface area contributed by atoms with Crippen LogP contribution < -0.4 is 10.1 Å². The number of benzene rings is 3. The summed E-state index contributed by atoms with van der Waals surface area (Å²) in [5.74, 6) is -0.282. The van der Waals surface area contributed by atoms with Gasteiger partial charge in [0.25, 0.3) is 5.91 Å².